The van der Waals surface area contributed by atoms with Gasteiger partial charge in [-0.2, -0.15) is 10.3 Å². The quantitative estimate of drug-likeness (QED) is 0.315. The Morgan fingerprint density at radius 3 is 2.65 bits per heavy atom. The standard InChI is InChI=1S/C19H19ClN2O4/c1-3-24-12-22-18-14(11-21)16(13-8-6-5-7-9-13)17(15(10-20)26-18)19(23)25-4-2/h5-9,12,16H,3-4,10H2,1-2H3/t16-/m1/s1. The normalized spacial score (nSPS) is 17.1. The minimum atomic E-state index is -0.684. The number of aliphatic imine (C=N–C) groups is 1. The smallest absolute Gasteiger partial charge is 0.338 e. The Labute approximate surface area is 157 Å². The van der Waals surface area contributed by atoms with E-state index >= 15 is 0 Å². The fourth-order valence-electron chi connectivity index (χ4n) is 2.54. The van der Waals surface area contributed by atoms with E-state index in [1.807, 2.05) is 37.3 Å². The van der Waals surface area contributed by atoms with Gasteiger partial charge in [0.25, 0.3) is 0 Å². The Balaban J connectivity index is 2.63. The molecular formula is C19H19ClN2O4. The minimum absolute atomic E-state index is 0.0542. The van der Waals surface area contributed by atoms with Gasteiger partial charge in [0.2, 0.25) is 5.88 Å². The number of halogens is 1. The number of carbonyl (C=O) groups is 1. The maximum Gasteiger partial charge on any atom is 0.338 e. The first-order valence-electron chi connectivity index (χ1n) is 8.15. The van der Waals surface area contributed by atoms with Crippen LogP contribution >= 0.6 is 11.6 Å². The minimum Gasteiger partial charge on any atom is -0.483 e. The second kappa shape index (κ2) is 9.64. The van der Waals surface area contributed by atoms with Crippen molar-refractivity contribution in [1.82, 2.24) is 0 Å². The highest BCUT2D eigenvalue weighted by molar-refractivity contribution is 6.19. The third-order valence-corrected chi connectivity index (χ3v) is 3.85. The summed E-state index contributed by atoms with van der Waals surface area (Å²) in [5.41, 5.74) is 1.13. The molecule has 1 aliphatic rings. The van der Waals surface area contributed by atoms with Crippen molar-refractivity contribution in [3.63, 3.8) is 0 Å². The van der Waals surface area contributed by atoms with Crippen LogP contribution in [0.1, 0.15) is 25.3 Å². The molecule has 1 aromatic carbocycles. The molecule has 0 bridgehead atoms. The van der Waals surface area contributed by atoms with Crippen molar-refractivity contribution in [1.29, 1.82) is 5.26 Å². The van der Waals surface area contributed by atoms with Crippen LogP contribution in [0, 0.1) is 11.3 Å². The Kier molecular flexibility index (Phi) is 7.24. The summed E-state index contributed by atoms with van der Waals surface area (Å²) in [5, 5.41) is 9.73. The first-order valence-corrected chi connectivity index (χ1v) is 8.68. The van der Waals surface area contributed by atoms with Gasteiger partial charge in [-0.3, -0.25) is 0 Å². The number of nitrogens with zero attached hydrogens (tertiary/aromatic N) is 2. The fraction of sp³-hybridized carbons (Fsp3) is 0.316. The summed E-state index contributed by atoms with van der Waals surface area (Å²) in [6.07, 6.45) is 1.20. The Hall–Kier alpha value is -2.78. The molecule has 2 rings (SSSR count). The zero-order valence-electron chi connectivity index (χ0n) is 14.6. The van der Waals surface area contributed by atoms with E-state index in [4.69, 9.17) is 25.8 Å². The van der Waals surface area contributed by atoms with Gasteiger partial charge in [-0.05, 0) is 19.4 Å². The molecule has 1 atom stereocenters. The topological polar surface area (TPSA) is 80.9 Å². The number of carbonyl (C=O) groups excluding carboxylic acids is 1. The maximum atomic E-state index is 12.6. The number of nitriles is 1. The third-order valence-electron chi connectivity index (χ3n) is 3.61. The molecule has 136 valence electrons. The lowest BCUT2D eigenvalue weighted by molar-refractivity contribution is -0.139. The van der Waals surface area contributed by atoms with Crippen LogP contribution in [-0.2, 0) is 19.0 Å². The largest absolute Gasteiger partial charge is 0.483 e. The van der Waals surface area contributed by atoms with Crippen molar-refractivity contribution in [3.8, 4) is 6.07 Å². The number of allylic oxidation sites excluding steroid dienone is 2. The summed E-state index contributed by atoms with van der Waals surface area (Å²) < 4.78 is 15.9. The summed E-state index contributed by atoms with van der Waals surface area (Å²) in [6, 6.07) is 11.2. The Morgan fingerprint density at radius 2 is 2.08 bits per heavy atom. The molecule has 0 radical (unpaired) electrons. The molecule has 0 fully saturated rings. The van der Waals surface area contributed by atoms with Gasteiger partial charge < -0.3 is 14.2 Å². The van der Waals surface area contributed by atoms with Crippen molar-refractivity contribution in [3.05, 3.63) is 58.7 Å². The van der Waals surface area contributed by atoms with Gasteiger partial charge in [0.1, 0.15) is 17.4 Å². The monoisotopic (exact) mass is 374 g/mol. The van der Waals surface area contributed by atoms with E-state index in [-0.39, 0.29) is 35.3 Å². The van der Waals surface area contributed by atoms with E-state index < -0.39 is 11.9 Å². The molecule has 0 unspecified atom stereocenters. The number of benzene rings is 1. The summed E-state index contributed by atoms with van der Waals surface area (Å²) in [5.74, 6) is -1.06. The van der Waals surface area contributed by atoms with Crippen LogP contribution < -0.4 is 0 Å². The van der Waals surface area contributed by atoms with E-state index in [1.54, 1.807) is 6.92 Å². The highest BCUT2D eigenvalue weighted by atomic mass is 35.5. The summed E-state index contributed by atoms with van der Waals surface area (Å²) in [4.78, 5) is 16.6. The molecule has 1 heterocycles. The van der Waals surface area contributed by atoms with Crippen molar-refractivity contribution in [2.24, 2.45) is 4.99 Å². The molecule has 0 N–H and O–H groups in total. The summed E-state index contributed by atoms with van der Waals surface area (Å²) in [7, 11) is 0. The molecular weight excluding hydrogens is 356 g/mol. The molecule has 0 aromatic heterocycles. The van der Waals surface area contributed by atoms with E-state index in [0.717, 1.165) is 5.56 Å². The molecule has 1 aliphatic heterocycles. The van der Waals surface area contributed by atoms with Crippen LogP contribution in [0.15, 0.2) is 58.1 Å². The number of rotatable bonds is 7. The van der Waals surface area contributed by atoms with Crippen molar-refractivity contribution in [2.75, 3.05) is 19.1 Å². The molecule has 0 aliphatic carbocycles. The van der Waals surface area contributed by atoms with E-state index in [1.165, 1.54) is 6.40 Å². The lowest BCUT2D eigenvalue weighted by Crippen LogP contribution is -2.24. The van der Waals surface area contributed by atoms with Crippen molar-refractivity contribution < 1.29 is 19.0 Å². The second-order valence-electron chi connectivity index (χ2n) is 5.16. The average Bonchev–Trinajstić information content (AvgIpc) is 2.67. The molecule has 0 amide bonds. The van der Waals surface area contributed by atoms with Gasteiger partial charge in [0.05, 0.1) is 30.6 Å². The zero-order chi connectivity index (χ0) is 18.9. The van der Waals surface area contributed by atoms with Crippen molar-refractivity contribution in [2.45, 2.75) is 19.8 Å². The molecule has 6 nitrogen and oxygen atoms in total. The third kappa shape index (κ3) is 4.24. The van der Waals surface area contributed by atoms with Gasteiger partial charge in [-0.1, -0.05) is 30.3 Å². The zero-order valence-corrected chi connectivity index (χ0v) is 15.3. The molecule has 0 saturated carbocycles. The maximum absolute atomic E-state index is 12.6. The van der Waals surface area contributed by atoms with Gasteiger partial charge in [-0.25, -0.2) is 4.79 Å². The fourth-order valence-corrected chi connectivity index (χ4v) is 2.74. The average molecular weight is 375 g/mol. The first-order chi connectivity index (χ1) is 12.7. The lowest BCUT2D eigenvalue weighted by Gasteiger charge is -2.27. The molecule has 7 heteroatoms. The Bertz CT molecular complexity index is 778. The van der Waals surface area contributed by atoms with E-state index in [9.17, 15) is 10.1 Å². The van der Waals surface area contributed by atoms with Crippen LogP contribution in [0.3, 0.4) is 0 Å². The Morgan fingerprint density at radius 1 is 1.35 bits per heavy atom. The summed E-state index contributed by atoms with van der Waals surface area (Å²) in [6.45, 7) is 4.13. The predicted octanol–water partition coefficient (Wildman–Crippen LogP) is 3.66. The van der Waals surface area contributed by atoms with Crippen LogP contribution in [0.5, 0.6) is 0 Å². The van der Waals surface area contributed by atoms with Gasteiger partial charge >= 0.3 is 5.97 Å². The SMILES string of the molecule is CCOC=NC1=C(C#N)[C@@H](c2ccccc2)C(C(=O)OCC)=C(CCl)O1. The molecule has 0 spiro atoms. The van der Waals surface area contributed by atoms with Crippen LogP contribution in [0.4, 0.5) is 0 Å². The van der Waals surface area contributed by atoms with Crippen LogP contribution in [-0.4, -0.2) is 31.5 Å². The lowest BCUT2D eigenvalue weighted by atomic mass is 9.83. The number of esters is 1. The second-order valence-corrected chi connectivity index (χ2v) is 5.42. The number of alkyl halides is 1. The first kappa shape index (κ1) is 19.5. The highest BCUT2D eigenvalue weighted by Crippen LogP contribution is 2.41. The number of hydrogen-bond acceptors (Lipinski definition) is 6. The molecule has 0 saturated heterocycles. The van der Waals surface area contributed by atoms with E-state index in [2.05, 4.69) is 11.1 Å². The van der Waals surface area contributed by atoms with Gasteiger partial charge in [-0.15, -0.1) is 11.6 Å². The van der Waals surface area contributed by atoms with Crippen molar-refractivity contribution >= 4 is 24.0 Å². The number of ether oxygens (including phenoxy) is 3. The summed E-state index contributed by atoms with van der Waals surface area (Å²) >= 11 is 6.01. The van der Waals surface area contributed by atoms with Crippen LogP contribution in [0.25, 0.3) is 0 Å². The molecule has 1 aromatic rings. The predicted molar refractivity (Wildman–Crippen MR) is 97.4 cm³/mol. The van der Waals surface area contributed by atoms with E-state index in [0.29, 0.717) is 6.61 Å². The van der Waals surface area contributed by atoms with Gasteiger partial charge in [0.15, 0.2) is 6.40 Å². The molecule has 26 heavy (non-hydrogen) atoms. The number of hydrogen-bond donors (Lipinski definition) is 0. The van der Waals surface area contributed by atoms with Gasteiger partial charge in [0, 0.05) is 0 Å². The highest BCUT2D eigenvalue weighted by Gasteiger charge is 2.37. The van der Waals surface area contributed by atoms with Crippen LogP contribution in [0.2, 0.25) is 0 Å².